The Kier molecular flexibility index (Phi) is 15.6. The normalized spacial score (nSPS) is 12.4. The third-order valence-corrected chi connectivity index (χ3v) is 5.21. The van der Waals surface area contributed by atoms with Crippen LogP contribution in [-0.4, -0.2) is 45.0 Å². The van der Waals surface area contributed by atoms with Gasteiger partial charge in [-0.1, -0.05) is 49.8 Å². The molecule has 0 heterocycles. The fourth-order valence-electron chi connectivity index (χ4n) is 3.56. The third-order valence-electron chi connectivity index (χ3n) is 5.21. The van der Waals surface area contributed by atoms with E-state index in [2.05, 4.69) is 16.4 Å². The monoisotopic (exact) mass is 548 g/mol. The molecule has 0 saturated carbocycles. The van der Waals surface area contributed by atoms with Gasteiger partial charge >= 0.3 is 0 Å². The maximum atomic E-state index is 13.2. The van der Waals surface area contributed by atoms with Crippen LogP contribution in [0, 0.1) is 6.92 Å². The molecule has 0 fully saturated rings. The van der Waals surface area contributed by atoms with E-state index in [1.165, 1.54) is 25.5 Å². The SMILES string of the molecule is CCCc1cccc(OC(C)(C)F)c1.CCOc1cc(CC(=O)C2=CC(=O)CC=C2)ccc1C.COCOC.[HH].[HH].[HH]. The average molecular weight is 549 g/mol. The van der Waals surface area contributed by atoms with Crippen molar-refractivity contribution in [3.8, 4) is 11.5 Å². The third kappa shape index (κ3) is 14.4. The summed E-state index contributed by atoms with van der Waals surface area (Å²) in [6.45, 7) is 9.81. The molecule has 0 N–H and O–H groups in total. The molecule has 1 aliphatic rings. The highest BCUT2D eigenvalue weighted by atomic mass is 19.2. The van der Waals surface area contributed by atoms with E-state index in [1.54, 1.807) is 32.4 Å². The molecule has 0 bridgehead atoms. The van der Waals surface area contributed by atoms with Gasteiger partial charge in [0.05, 0.1) is 6.61 Å². The molecule has 0 aliphatic heterocycles. The first-order valence-corrected chi connectivity index (χ1v) is 13.1. The lowest BCUT2D eigenvalue weighted by atomic mass is 9.97. The second-order valence-corrected chi connectivity index (χ2v) is 9.36. The van der Waals surface area contributed by atoms with Crippen molar-refractivity contribution in [3.63, 3.8) is 0 Å². The highest BCUT2D eigenvalue weighted by molar-refractivity contribution is 6.07. The zero-order valence-electron chi connectivity index (χ0n) is 24.3. The first kappa shape index (κ1) is 33.7. The maximum Gasteiger partial charge on any atom is 0.242 e. The number of allylic oxidation sites excluding steroid dienone is 4. The summed E-state index contributed by atoms with van der Waals surface area (Å²) in [7, 11) is 3.17. The number of carbonyl (C=O) groups is 2. The molecule has 0 aromatic heterocycles. The summed E-state index contributed by atoms with van der Waals surface area (Å²) in [6, 6.07) is 13.4. The molecular weight excluding hydrogens is 499 g/mol. The quantitative estimate of drug-likeness (QED) is 0.269. The molecule has 0 amide bonds. The van der Waals surface area contributed by atoms with Gasteiger partial charge in [-0.3, -0.25) is 9.59 Å². The topological polar surface area (TPSA) is 71.1 Å². The van der Waals surface area contributed by atoms with Gasteiger partial charge in [-0.25, -0.2) is 0 Å². The summed E-state index contributed by atoms with van der Waals surface area (Å²) >= 11 is 0. The second-order valence-electron chi connectivity index (χ2n) is 9.36. The molecule has 3 rings (SSSR count). The van der Waals surface area contributed by atoms with Gasteiger partial charge in [0.1, 0.15) is 18.3 Å². The fraction of sp³-hybridized carbons (Fsp3) is 0.438. The van der Waals surface area contributed by atoms with E-state index < -0.39 is 5.85 Å². The van der Waals surface area contributed by atoms with Gasteiger partial charge in [0.25, 0.3) is 0 Å². The minimum Gasteiger partial charge on any atom is -0.494 e. The summed E-state index contributed by atoms with van der Waals surface area (Å²) in [5.74, 6) is -0.258. The van der Waals surface area contributed by atoms with E-state index in [-0.39, 0.29) is 22.3 Å². The lowest BCUT2D eigenvalue weighted by Crippen LogP contribution is -2.21. The Bertz CT molecular complexity index is 1110. The number of benzene rings is 2. The fourth-order valence-corrected chi connectivity index (χ4v) is 3.56. The van der Waals surface area contributed by atoms with E-state index in [1.807, 2.05) is 50.2 Å². The Hall–Kier alpha value is -3.29. The van der Waals surface area contributed by atoms with Crippen LogP contribution in [0.1, 0.15) is 61.5 Å². The molecule has 39 heavy (non-hydrogen) atoms. The molecule has 6 nitrogen and oxygen atoms in total. The first-order chi connectivity index (χ1) is 18.5. The Morgan fingerprint density at radius 2 is 1.77 bits per heavy atom. The van der Waals surface area contributed by atoms with Crippen LogP contribution in [0.15, 0.2) is 66.3 Å². The van der Waals surface area contributed by atoms with Crippen molar-refractivity contribution in [3.05, 3.63) is 83.0 Å². The standard InChI is InChI=1S/C17H18O3.C12H17FO.C3H8O2.3H2/c1-3-20-17-10-13(8-7-12(17)2)9-16(19)14-5-4-6-15(18)11-14;1-4-6-10-7-5-8-11(9-10)14-12(2,3)13;1-4-3-5-2;;;/h4-5,7-8,10-11H,3,6,9H2,1-2H3;5,7-9H,4,6H2,1-3H3;3H2,1-2H3;3*1H. The Balaban J connectivity index is -0.000000609. The van der Waals surface area contributed by atoms with Crippen LogP contribution in [0.4, 0.5) is 4.39 Å². The number of methoxy groups -OCH3 is 2. The van der Waals surface area contributed by atoms with Gasteiger partial charge < -0.3 is 18.9 Å². The Morgan fingerprint density at radius 3 is 2.33 bits per heavy atom. The molecule has 0 unspecified atom stereocenters. The predicted octanol–water partition coefficient (Wildman–Crippen LogP) is 7.66. The highest BCUT2D eigenvalue weighted by Crippen LogP contribution is 2.22. The molecule has 7 heteroatoms. The lowest BCUT2D eigenvalue weighted by molar-refractivity contribution is -0.116. The van der Waals surface area contributed by atoms with Crippen LogP contribution in [0.3, 0.4) is 0 Å². The number of alkyl halides is 1. The van der Waals surface area contributed by atoms with Gasteiger partial charge in [-0.05, 0) is 61.2 Å². The van der Waals surface area contributed by atoms with E-state index in [4.69, 9.17) is 9.47 Å². The van der Waals surface area contributed by atoms with Gasteiger partial charge in [-0.15, -0.1) is 0 Å². The Morgan fingerprint density at radius 1 is 1.05 bits per heavy atom. The van der Waals surface area contributed by atoms with Gasteiger partial charge in [0.2, 0.25) is 5.85 Å². The molecule has 2 aromatic rings. The molecule has 220 valence electrons. The van der Waals surface area contributed by atoms with Crippen LogP contribution in [0.25, 0.3) is 0 Å². The average Bonchev–Trinajstić information content (AvgIpc) is 2.87. The number of aryl methyl sites for hydroxylation is 2. The van der Waals surface area contributed by atoms with Crippen molar-refractivity contribution in [1.29, 1.82) is 0 Å². The maximum absolute atomic E-state index is 13.2. The van der Waals surface area contributed by atoms with Crippen LogP contribution in [0.5, 0.6) is 11.5 Å². The zero-order valence-corrected chi connectivity index (χ0v) is 24.3. The van der Waals surface area contributed by atoms with Crippen LogP contribution < -0.4 is 9.47 Å². The van der Waals surface area contributed by atoms with Crippen molar-refractivity contribution in [2.45, 2.75) is 66.2 Å². The van der Waals surface area contributed by atoms with Crippen molar-refractivity contribution < 1.29 is 37.2 Å². The van der Waals surface area contributed by atoms with Crippen molar-refractivity contribution >= 4 is 11.6 Å². The van der Waals surface area contributed by atoms with E-state index >= 15 is 0 Å². The second kappa shape index (κ2) is 18.1. The predicted molar refractivity (Wildman–Crippen MR) is 159 cm³/mol. The van der Waals surface area contributed by atoms with E-state index in [0.717, 1.165) is 29.7 Å². The molecule has 0 saturated heterocycles. The highest BCUT2D eigenvalue weighted by Gasteiger charge is 2.17. The largest absolute Gasteiger partial charge is 0.494 e. The van der Waals surface area contributed by atoms with E-state index in [9.17, 15) is 14.0 Å². The number of ketones is 2. The number of Topliss-reactive ketones (excluding diaryl/α,β-unsaturated/α-hetero) is 1. The summed E-state index contributed by atoms with van der Waals surface area (Å²) < 4.78 is 32.8. The number of hydrogen-bond acceptors (Lipinski definition) is 6. The van der Waals surface area contributed by atoms with Crippen molar-refractivity contribution in [2.75, 3.05) is 27.6 Å². The molecule has 0 radical (unpaired) electrons. The summed E-state index contributed by atoms with van der Waals surface area (Å²) in [6.07, 6.45) is 7.64. The van der Waals surface area contributed by atoms with Gasteiger partial charge in [0.15, 0.2) is 11.6 Å². The van der Waals surface area contributed by atoms with Crippen molar-refractivity contribution in [2.24, 2.45) is 0 Å². The number of ether oxygens (including phenoxy) is 4. The molecule has 2 aromatic carbocycles. The van der Waals surface area contributed by atoms with Crippen LogP contribution >= 0.6 is 0 Å². The summed E-state index contributed by atoms with van der Waals surface area (Å²) in [4.78, 5) is 23.5. The molecule has 1 aliphatic carbocycles. The smallest absolute Gasteiger partial charge is 0.242 e. The number of halogens is 1. The number of hydrogen-bond donors (Lipinski definition) is 0. The summed E-state index contributed by atoms with van der Waals surface area (Å²) in [5, 5.41) is 0. The first-order valence-electron chi connectivity index (χ1n) is 13.1. The number of rotatable bonds is 11. The van der Waals surface area contributed by atoms with Gasteiger partial charge in [-0.2, -0.15) is 4.39 Å². The van der Waals surface area contributed by atoms with Crippen molar-refractivity contribution in [1.82, 2.24) is 0 Å². The zero-order chi connectivity index (χ0) is 29.3. The van der Waals surface area contributed by atoms with E-state index in [0.29, 0.717) is 31.1 Å². The Labute approximate surface area is 237 Å². The van der Waals surface area contributed by atoms with Crippen LogP contribution in [0.2, 0.25) is 0 Å². The number of carbonyl (C=O) groups excluding carboxylic acids is 2. The minimum atomic E-state index is -1.61. The molecule has 0 atom stereocenters. The minimum absolute atomic E-state index is 0. The molecular formula is C32H49FO6. The molecule has 0 spiro atoms. The summed E-state index contributed by atoms with van der Waals surface area (Å²) in [5.41, 5.74) is 3.63. The van der Waals surface area contributed by atoms with Gasteiger partial charge in [0, 0.05) is 50.8 Å². The lowest BCUT2D eigenvalue weighted by Gasteiger charge is -2.17. The van der Waals surface area contributed by atoms with Crippen LogP contribution in [-0.2, 0) is 31.9 Å².